The number of nitrogens with zero attached hydrogens (tertiary/aromatic N) is 3. The van der Waals surface area contributed by atoms with Crippen LogP contribution >= 0.6 is 11.3 Å². The fraction of sp³-hybridized carbons (Fsp3) is 0.286. The Bertz CT molecular complexity index is 623. The molecule has 0 saturated heterocycles. The lowest BCUT2D eigenvalue weighted by Gasteiger charge is -2.05. The number of rotatable bonds is 4. The molecule has 6 heteroatoms. The second-order valence-corrected chi connectivity index (χ2v) is 5.62. The molecule has 0 bridgehead atoms. The molecule has 1 N–H and O–H groups in total. The van der Waals surface area contributed by atoms with Crippen LogP contribution in [0, 0.1) is 5.92 Å². The van der Waals surface area contributed by atoms with Crippen molar-refractivity contribution in [2.45, 2.75) is 19.3 Å². The van der Waals surface area contributed by atoms with Crippen molar-refractivity contribution in [1.29, 1.82) is 0 Å². The average Bonchev–Trinajstić information content (AvgIpc) is 3.11. The van der Waals surface area contributed by atoms with E-state index in [9.17, 15) is 4.79 Å². The summed E-state index contributed by atoms with van der Waals surface area (Å²) in [7, 11) is 0. The SMILES string of the molecule is O=C(C[C@@H]1C=CCC1)Nc1nnc(-c2ccccn2)s1. The molecule has 1 amide bonds. The summed E-state index contributed by atoms with van der Waals surface area (Å²) < 4.78 is 0. The molecule has 5 nitrogen and oxygen atoms in total. The van der Waals surface area contributed by atoms with Crippen molar-refractivity contribution in [3.8, 4) is 10.7 Å². The quantitative estimate of drug-likeness (QED) is 0.877. The van der Waals surface area contributed by atoms with Gasteiger partial charge in [-0.3, -0.25) is 9.78 Å². The number of hydrogen-bond donors (Lipinski definition) is 1. The van der Waals surface area contributed by atoms with Crippen LogP contribution < -0.4 is 5.32 Å². The lowest BCUT2D eigenvalue weighted by Crippen LogP contribution is -2.14. The fourth-order valence-corrected chi connectivity index (χ4v) is 2.88. The maximum Gasteiger partial charge on any atom is 0.226 e. The molecule has 0 saturated carbocycles. The standard InChI is InChI=1S/C14H14N4OS/c19-12(9-10-5-1-2-6-10)16-14-18-17-13(20-14)11-7-3-4-8-15-11/h1,3-5,7-8,10H,2,6,9H2,(H,16,18,19)/t10-/m1/s1. The zero-order valence-corrected chi connectivity index (χ0v) is 11.6. The van der Waals surface area contributed by atoms with Gasteiger partial charge in [-0.05, 0) is 30.9 Å². The van der Waals surface area contributed by atoms with Gasteiger partial charge in [0.1, 0.15) is 5.69 Å². The van der Waals surface area contributed by atoms with Gasteiger partial charge in [0.15, 0.2) is 5.01 Å². The number of aromatic nitrogens is 3. The highest BCUT2D eigenvalue weighted by atomic mass is 32.1. The normalized spacial score (nSPS) is 17.3. The molecule has 2 aromatic heterocycles. The Morgan fingerprint density at radius 3 is 3.10 bits per heavy atom. The molecule has 20 heavy (non-hydrogen) atoms. The van der Waals surface area contributed by atoms with Crippen LogP contribution in [0.5, 0.6) is 0 Å². The maximum absolute atomic E-state index is 11.9. The van der Waals surface area contributed by atoms with Crippen molar-refractivity contribution in [3.05, 3.63) is 36.5 Å². The number of anilines is 1. The van der Waals surface area contributed by atoms with E-state index >= 15 is 0 Å². The summed E-state index contributed by atoms with van der Waals surface area (Å²) in [5.41, 5.74) is 0.768. The van der Waals surface area contributed by atoms with Gasteiger partial charge >= 0.3 is 0 Å². The number of allylic oxidation sites excluding steroid dienone is 2. The van der Waals surface area contributed by atoms with Crippen LogP contribution in [0.1, 0.15) is 19.3 Å². The highest BCUT2D eigenvalue weighted by Crippen LogP contribution is 2.25. The minimum Gasteiger partial charge on any atom is -0.301 e. The first-order valence-corrected chi connectivity index (χ1v) is 7.34. The van der Waals surface area contributed by atoms with Crippen LogP contribution in [-0.2, 0) is 4.79 Å². The number of amides is 1. The highest BCUT2D eigenvalue weighted by molar-refractivity contribution is 7.18. The molecule has 1 aliphatic carbocycles. The Hall–Kier alpha value is -2.08. The molecule has 3 rings (SSSR count). The molecule has 0 radical (unpaired) electrons. The average molecular weight is 286 g/mol. The number of pyridine rings is 1. The van der Waals surface area contributed by atoms with Gasteiger partial charge in [0.05, 0.1) is 0 Å². The van der Waals surface area contributed by atoms with E-state index in [1.165, 1.54) is 11.3 Å². The van der Waals surface area contributed by atoms with Crippen molar-refractivity contribution < 1.29 is 4.79 Å². The van der Waals surface area contributed by atoms with Gasteiger partial charge in [-0.25, -0.2) is 0 Å². The zero-order valence-electron chi connectivity index (χ0n) is 10.8. The molecular formula is C14H14N4OS. The third-order valence-corrected chi connectivity index (χ3v) is 3.98. The van der Waals surface area contributed by atoms with Gasteiger partial charge in [-0.1, -0.05) is 29.6 Å². The minimum atomic E-state index is -0.00901. The molecule has 0 unspecified atom stereocenters. The molecule has 1 aliphatic rings. The first kappa shape index (κ1) is 12.9. The lowest BCUT2D eigenvalue weighted by atomic mass is 10.1. The van der Waals surface area contributed by atoms with Crippen LogP contribution in [-0.4, -0.2) is 21.1 Å². The Morgan fingerprint density at radius 1 is 1.40 bits per heavy atom. The smallest absolute Gasteiger partial charge is 0.226 e. The lowest BCUT2D eigenvalue weighted by molar-refractivity contribution is -0.116. The number of carbonyl (C=O) groups excluding carboxylic acids is 1. The Labute approximate surface area is 120 Å². The summed E-state index contributed by atoms with van der Waals surface area (Å²) in [6.45, 7) is 0. The van der Waals surface area contributed by atoms with Crippen molar-refractivity contribution in [2.24, 2.45) is 5.92 Å². The molecule has 0 fully saturated rings. The number of hydrogen-bond acceptors (Lipinski definition) is 5. The minimum absolute atomic E-state index is 0.00901. The Balaban J connectivity index is 1.62. The van der Waals surface area contributed by atoms with Crippen LogP contribution in [0.3, 0.4) is 0 Å². The second-order valence-electron chi connectivity index (χ2n) is 4.65. The van der Waals surface area contributed by atoms with E-state index < -0.39 is 0 Å². The van der Waals surface area contributed by atoms with Crippen LogP contribution in [0.25, 0.3) is 10.7 Å². The molecular weight excluding hydrogens is 272 g/mol. The predicted octanol–water partition coefficient (Wildman–Crippen LogP) is 2.89. The predicted molar refractivity (Wildman–Crippen MR) is 78.3 cm³/mol. The van der Waals surface area contributed by atoms with Crippen molar-refractivity contribution in [1.82, 2.24) is 15.2 Å². The van der Waals surface area contributed by atoms with Crippen LogP contribution in [0.2, 0.25) is 0 Å². The Morgan fingerprint density at radius 2 is 2.35 bits per heavy atom. The summed E-state index contributed by atoms with van der Waals surface area (Å²) in [6, 6.07) is 5.62. The summed E-state index contributed by atoms with van der Waals surface area (Å²) in [4.78, 5) is 16.1. The Kier molecular flexibility index (Phi) is 3.83. The van der Waals surface area contributed by atoms with E-state index in [1.807, 2.05) is 18.2 Å². The first-order valence-electron chi connectivity index (χ1n) is 6.53. The zero-order chi connectivity index (χ0) is 13.8. The molecule has 2 aromatic rings. The van der Waals surface area contributed by atoms with Gasteiger partial charge < -0.3 is 5.32 Å². The van der Waals surface area contributed by atoms with E-state index in [1.54, 1.807) is 6.20 Å². The molecule has 1 atom stereocenters. The maximum atomic E-state index is 11.9. The van der Waals surface area contributed by atoms with Gasteiger partial charge in [0, 0.05) is 12.6 Å². The molecule has 0 aliphatic heterocycles. The third kappa shape index (κ3) is 3.08. The van der Waals surface area contributed by atoms with Crippen molar-refractivity contribution in [2.75, 3.05) is 5.32 Å². The molecule has 2 heterocycles. The van der Waals surface area contributed by atoms with Gasteiger partial charge in [-0.2, -0.15) is 0 Å². The van der Waals surface area contributed by atoms with E-state index in [0.717, 1.165) is 18.5 Å². The van der Waals surface area contributed by atoms with Crippen molar-refractivity contribution in [3.63, 3.8) is 0 Å². The van der Waals surface area contributed by atoms with E-state index in [0.29, 0.717) is 22.5 Å². The first-order chi connectivity index (χ1) is 9.81. The number of nitrogens with one attached hydrogen (secondary N) is 1. The highest BCUT2D eigenvalue weighted by Gasteiger charge is 2.15. The third-order valence-electron chi connectivity index (χ3n) is 3.12. The second kappa shape index (κ2) is 5.92. The van der Waals surface area contributed by atoms with Crippen LogP contribution in [0.15, 0.2) is 36.5 Å². The van der Waals surface area contributed by atoms with E-state index in [-0.39, 0.29) is 5.91 Å². The van der Waals surface area contributed by atoms with Crippen molar-refractivity contribution >= 4 is 22.4 Å². The largest absolute Gasteiger partial charge is 0.301 e. The molecule has 0 spiro atoms. The molecule has 102 valence electrons. The topological polar surface area (TPSA) is 67.8 Å². The van der Waals surface area contributed by atoms with E-state index in [4.69, 9.17) is 0 Å². The molecule has 0 aromatic carbocycles. The number of carbonyl (C=O) groups is 1. The summed E-state index contributed by atoms with van der Waals surface area (Å²) in [5, 5.41) is 12.1. The summed E-state index contributed by atoms with van der Waals surface area (Å²) >= 11 is 1.34. The monoisotopic (exact) mass is 286 g/mol. The summed E-state index contributed by atoms with van der Waals surface area (Å²) in [6.07, 6.45) is 8.58. The van der Waals surface area contributed by atoms with E-state index in [2.05, 4.69) is 32.7 Å². The van der Waals surface area contributed by atoms with Crippen LogP contribution in [0.4, 0.5) is 5.13 Å². The van der Waals surface area contributed by atoms with Gasteiger partial charge in [0.2, 0.25) is 11.0 Å². The summed E-state index contributed by atoms with van der Waals surface area (Å²) in [5.74, 6) is 0.350. The van der Waals surface area contributed by atoms with Gasteiger partial charge in [0.25, 0.3) is 0 Å². The van der Waals surface area contributed by atoms with Gasteiger partial charge in [-0.15, -0.1) is 10.2 Å². The fourth-order valence-electron chi connectivity index (χ4n) is 2.14.